The van der Waals surface area contributed by atoms with E-state index >= 15 is 0 Å². The van der Waals surface area contributed by atoms with Crippen molar-refractivity contribution in [2.45, 2.75) is 13.8 Å². The molecule has 1 heterocycles. The van der Waals surface area contributed by atoms with Crippen molar-refractivity contribution in [2.75, 3.05) is 25.1 Å². The molecule has 1 aliphatic heterocycles. The number of para-hydroxylation sites is 1. The van der Waals surface area contributed by atoms with Crippen molar-refractivity contribution in [1.29, 1.82) is 0 Å². The Morgan fingerprint density at radius 1 is 1.41 bits per heavy atom. The van der Waals surface area contributed by atoms with Crippen molar-refractivity contribution in [3.8, 4) is 0 Å². The first-order chi connectivity index (χ1) is 8.09. The van der Waals surface area contributed by atoms with Gasteiger partial charge in [-0.05, 0) is 25.0 Å². The Balaban J connectivity index is 2.18. The standard InChI is InChI=1S/C13H17NO3/c1-9-4-3-5-10(2)11(9)14-12(16)13(6-15)7-17-8-13/h3-5,15H,6-8H2,1-2H3,(H,14,16). The highest BCUT2D eigenvalue weighted by molar-refractivity contribution is 5.97. The van der Waals surface area contributed by atoms with Crippen LogP contribution in [0.25, 0.3) is 0 Å². The number of aliphatic hydroxyl groups excluding tert-OH is 1. The molecule has 0 aliphatic carbocycles. The zero-order chi connectivity index (χ0) is 12.5. The van der Waals surface area contributed by atoms with Crippen LogP contribution in [0.3, 0.4) is 0 Å². The third-order valence-corrected chi connectivity index (χ3v) is 3.26. The fraction of sp³-hybridized carbons (Fsp3) is 0.462. The van der Waals surface area contributed by atoms with Gasteiger partial charge in [0.1, 0.15) is 5.41 Å². The largest absolute Gasteiger partial charge is 0.395 e. The minimum Gasteiger partial charge on any atom is -0.395 e. The lowest BCUT2D eigenvalue weighted by Crippen LogP contribution is -2.54. The van der Waals surface area contributed by atoms with Crippen molar-refractivity contribution in [1.82, 2.24) is 0 Å². The Morgan fingerprint density at radius 3 is 2.41 bits per heavy atom. The number of aliphatic hydroxyl groups is 1. The maximum Gasteiger partial charge on any atom is 0.237 e. The van der Waals surface area contributed by atoms with E-state index in [4.69, 9.17) is 4.74 Å². The van der Waals surface area contributed by atoms with Crippen molar-refractivity contribution in [3.63, 3.8) is 0 Å². The molecule has 0 saturated carbocycles. The highest BCUT2D eigenvalue weighted by atomic mass is 16.5. The first kappa shape index (κ1) is 12.1. The fourth-order valence-electron chi connectivity index (χ4n) is 1.90. The Kier molecular flexibility index (Phi) is 3.17. The molecule has 0 atom stereocenters. The maximum atomic E-state index is 12.1. The van der Waals surface area contributed by atoms with Crippen LogP contribution in [-0.4, -0.2) is 30.8 Å². The van der Waals surface area contributed by atoms with E-state index in [0.717, 1.165) is 16.8 Å². The third-order valence-electron chi connectivity index (χ3n) is 3.26. The molecule has 92 valence electrons. The van der Waals surface area contributed by atoms with Crippen molar-refractivity contribution >= 4 is 11.6 Å². The van der Waals surface area contributed by atoms with Crippen LogP contribution in [-0.2, 0) is 9.53 Å². The summed E-state index contributed by atoms with van der Waals surface area (Å²) >= 11 is 0. The highest BCUT2D eigenvalue weighted by Gasteiger charge is 2.45. The van der Waals surface area contributed by atoms with E-state index in [0.29, 0.717) is 13.2 Å². The average Bonchev–Trinajstić information content (AvgIpc) is 2.23. The summed E-state index contributed by atoms with van der Waals surface area (Å²) < 4.78 is 5.03. The van der Waals surface area contributed by atoms with Gasteiger partial charge in [0.05, 0.1) is 19.8 Å². The summed E-state index contributed by atoms with van der Waals surface area (Å²) in [7, 11) is 0. The van der Waals surface area contributed by atoms with Crippen LogP contribution in [0.5, 0.6) is 0 Å². The SMILES string of the molecule is Cc1cccc(C)c1NC(=O)C1(CO)COC1. The van der Waals surface area contributed by atoms with Gasteiger partial charge in [-0.1, -0.05) is 18.2 Å². The quantitative estimate of drug-likeness (QED) is 0.829. The molecule has 0 radical (unpaired) electrons. The molecule has 1 fully saturated rings. The Morgan fingerprint density at radius 2 is 2.00 bits per heavy atom. The summed E-state index contributed by atoms with van der Waals surface area (Å²) in [6, 6.07) is 5.85. The minimum atomic E-state index is -0.755. The Hall–Kier alpha value is -1.39. The topological polar surface area (TPSA) is 58.6 Å². The first-order valence-electron chi connectivity index (χ1n) is 5.65. The van der Waals surface area contributed by atoms with Gasteiger partial charge in [-0.25, -0.2) is 0 Å². The maximum absolute atomic E-state index is 12.1. The van der Waals surface area contributed by atoms with E-state index in [1.54, 1.807) is 0 Å². The van der Waals surface area contributed by atoms with Crippen LogP contribution in [0, 0.1) is 19.3 Å². The van der Waals surface area contributed by atoms with Crippen LogP contribution < -0.4 is 5.32 Å². The van der Waals surface area contributed by atoms with Crippen LogP contribution in [0.1, 0.15) is 11.1 Å². The number of aryl methyl sites for hydroxylation is 2. The second-order valence-electron chi connectivity index (χ2n) is 4.65. The summed E-state index contributed by atoms with van der Waals surface area (Å²) in [5.74, 6) is -0.163. The molecule has 0 bridgehead atoms. The Bertz CT molecular complexity index is 413. The van der Waals surface area contributed by atoms with Gasteiger partial charge in [0, 0.05) is 5.69 Å². The zero-order valence-corrected chi connectivity index (χ0v) is 10.1. The second-order valence-corrected chi connectivity index (χ2v) is 4.65. The summed E-state index contributed by atoms with van der Waals surface area (Å²) in [6.07, 6.45) is 0. The molecule has 0 spiro atoms. The predicted octanol–water partition coefficient (Wildman–Crippen LogP) is 1.25. The van der Waals surface area contributed by atoms with Gasteiger partial charge in [0.25, 0.3) is 0 Å². The van der Waals surface area contributed by atoms with Gasteiger partial charge in [-0.2, -0.15) is 0 Å². The van der Waals surface area contributed by atoms with E-state index in [1.165, 1.54) is 0 Å². The smallest absolute Gasteiger partial charge is 0.237 e. The normalized spacial score (nSPS) is 17.4. The number of ether oxygens (including phenoxy) is 1. The van der Waals surface area contributed by atoms with E-state index < -0.39 is 5.41 Å². The number of nitrogens with one attached hydrogen (secondary N) is 1. The highest BCUT2D eigenvalue weighted by Crippen LogP contribution is 2.30. The van der Waals surface area contributed by atoms with E-state index in [-0.39, 0.29) is 12.5 Å². The van der Waals surface area contributed by atoms with Crippen molar-refractivity contribution in [3.05, 3.63) is 29.3 Å². The Labute approximate surface area is 101 Å². The molecule has 4 nitrogen and oxygen atoms in total. The van der Waals surface area contributed by atoms with Crippen LogP contribution in [0.4, 0.5) is 5.69 Å². The first-order valence-corrected chi connectivity index (χ1v) is 5.65. The molecule has 1 amide bonds. The second kappa shape index (κ2) is 4.47. The van der Waals surface area contributed by atoms with Gasteiger partial charge in [0.2, 0.25) is 5.91 Å². The molecule has 1 aliphatic rings. The molecule has 1 saturated heterocycles. The summed E-state index contributed by atoms with van der Waals surface area (Å²) in [6.45, 7) is 4.31. The molecule has 0 unspecified atom stereocenters. The van der Waals surface area contributed by atoms with Crippen molar-refractivity contribution < 1.29 is 14.6 Å². The number of anilines is 1. The molecule has 1 aromatic rings. The number of hydrogen-bond acceptors (Lipinski definition) is 3. The van der Waals surface area contributed by atoms with Gasteiger partial charge >= 0.3 is 0 Å². The molecular formula is C13H17NO3. The number of amides is 1. The minimum absolute atomic E-state index is 0.163. The summed E-state index contributed by atoms with van der Waals surface area (Å²) in [5, 5.41) is 12.2. The average molecular weight is 235 g/mol. The summed E-state index contributed by atoms with van der Waals surface area (Å²) in [5.41, 5.74) is 2.12. The third kappa shape index (κ3) is 2.06. The number of carbonyl (C=O) groups excluding carboxylic acids is 1. The molecule has 0 aromatic heterocycles. The molecule has 4 heteroatoms. The van der Waals surface area contributed by atoms with Crippen molar-refractivity contribution in [2.24, 2.45) is 5.41 Å². The predicted molar refractivity (Wildman–Crippen MR) is 64.9 cm³/mol. The van der Waals surface area contributed by atoms with Crippen LogP contribution >= 0.6 is 0 Å². The van der Waals surface area contributed by atoms with Gasteiger partial charge in [-0.15, -0.1) is 0 Å². The number of rotatable bonds is 3. The van der Waals surface area contributed by atoms with Crippen LogP contribution in [0.2, 0.25) is 0 Å². The molecule has 1 aromatic carbocycles. The lowest BCUT2D eigenvalue weighted by Gasteiger charge is -2.38. The molecule has 2 N–H and O–H groups in total. The monoisotopic (exact) mass is 235 g/mol. The summed E-state index contributed by atoms with van der Waals surface area (Å²) in [4.78, 5) is 12.1. The lowest BCUT2D eigenvalue weighted by atomic mass is 9.85. The van der Waals surface area contributed by atoms with E-state index in [9.17, 15) is 9.90 Å². The lowest BCUT2D eigenvalue weighted by molar-refractivity contribution is -0.164. The molecule has 17 heavy (non-hydrogen) atoms. The van der Waals surface area contributed by atoms with E-state index in [1.807, 2.05) is 32.0 Å². The van der Waals surface area contributed by atoms with E-state index in [2.05, 4.69) is 5.32 Å². The van der Waals surface area contributed by atoms with Gasteiger partial charge < -0.3 is 15.2 Å². The fourth-order valence-corrected chi connectivity index (χ4v) is 1.90. The number of carbonyl (C=O) groups is 1. The molecular weight excluding hydrogens is 218 g/mol. The van der Waals surface area contributed by atoms with Gasteiger partial charge in [0.15, 0.2) is 0 Å². The molecule has 2 rings (SSSR count). The zero-order valence-electron chi connectivity index (χ0n) is 10.1. The van der Waals surface area contributed by atoms with Crippen LogP contribution in [0.15, 0.2) is 18.2 Å². The number of benzene rings is 1. The number of hydrogen-bond donors (Lipinski definition) is 2. The van der Waals surface area contributed by atoms with Gasteiger partial charge in [-0.3, -0.25) is 4.79 Å².